The summed E-state index contributed by atoms with van der Waals surface area (Å²) in [7, 11) is 0. The molecule has 15 heteroatoms. The number of hydrogen-bond acceptors (Lipinski definition) is 10. The summed E-state index contributed by atoms with van der Waals surface area (Å²) >= 11 is 2.83. The van der Waals surface area contributed by atoms with Crippen molar-refractivity contribution in [2.24, 2.45) is 0 Å². The molecule has 0 spiro atoms. The summed E-state index contributed by atoms with van der Waals surface area (Å²) in [4.78, 5) is 66.3. The maximum Gasteiger partial charge on any atom is 2.00 e. The van der Waals surface area contributed by atoms with E-state index in [4.69, 9.17) is 0 Å². The first-order chi connectivity index (χ1) is 27.2. The Bertz CT molecular complexity index is 1380. The van der Waals surface area contributed by atoms with Crippen LogP contribution in [0.25, 0.3) is 0 Å². The summed E-state index contributed by atoms with van der Waals surface area (Å²) in [5.74, 6) is -4.36. The SMILES string of the molecule is CC(C)=CCC/C(C)=C/CC/C(C)=C/CSC[C@H](NC(=O)CCC(=O)[O-])C(=O)O.CC(C)=CCC/C(C)=C/CC/C(C)=C/CSC[C@H](NC(=O)CCC(=O)[O-])C(=O)O.[Ca+2]. The van der Waals surface area contributed by atoms with E-state index in [1.807, 2.05) is 0 Å². The fraction of sp³-hybridized carbons (Fsp3) is 0.591. The van der Waals surface area contributed by atoms with E-state index in [9.17, 15) is 49.2 Å². The van der Waals surface area contributed by atoms with E-state index in [-0.39, 0.29) is 62.1 Å². The molecule has 0 unspecified atom stereocenters. The molecule has 2 atom stereocenters. The van der Waals surface area contributed by atoms with Crippen molar-refractivity contribution >= 4 is 97.0 Å². The first-order valence-corrected chi connectivity index (χ1v) is 22.0. The van der Waals surface area contributed by atoms with Gasteiger partial charge in [-0.1, -0.05) is 69.9 Å². The van der Waals surface area contributed by atoms with Crippen molar-refractivity contribution in [1.29, 1.82) is 0 Å². The summed E-state index contributed by atoms with van der Waals surface area (Å²) < 4.78 is 0. The maximum absolute atomic E-state index is 11.6. The fourth-order valence-corrected chi connectivity index (χ4v) is 6.77. The molecule has 0 rings (SSSR count). The second-order valence-electron chi connectivity index (χ2n) is 14.7. The number of amides is 2. The number of hydrogen-bond donors (Lipinski definition) is 4. The van der Waals surface area contributed by atoms with Gasteiger partial charge in [0.1, 0.15) is 12.1 Å². The van der Waals surface area contributed by atoms with Crippen LogP contribution >= 0.6 is 23.5 Å². The van der Waals surface area contributed by atoms with E-state index in [0.717, 1.165) is 51.4 Å². The van der Waals surface area contributed by atoms with Gasteiger partial charge in [0.15, 0.2) is 0 Å². The zero-order valence-corrected chi connectivity index (χ0v) is 40.5. The zero-order valence-electron chi connectivity index (χ0n) is 36.6. The van der Waals surface area contributed by atoms with Crippen molar-refractivity contribution in [3.63, 3.8) is 0 Å². The fourth-order valence-electron chi connectivity index (χ4n) is 4.77. The molecule has 0 bridgehead atoms. The van der Waals surface area contributed by atoms with Crippen LogP contribution in [0.5, 0.6) is 0 Å². The van der Waals surface area contributed by atoms with Crippen LogP contribution in [0.4, 0.5) is 0 Å². The Balaban J connectivity index is -0.00000105. The van der Waals surface area contributed by atoms with E-state index in [0.29, 0.717) is 11.5 Å². The average Bonchev–Trinajstić information content (AvgIpc) is 3.12. The molecule has 0 aromatic rings. The number of aliphatic carboxylic acids is 4. The number of nitrogens with one attached hydrogen (secondary N) is 2. The van der Waals surface area contributed by atoms with E-state index >= 15 is 0 Å². The molecule has 328 valence electrons. The van der Waals surface area contributed by atoms with E-state index < -0.39 is 60.6 Å². The molecular weight excluding hydrogens is 821 g/mol. The number of allylic oxidation sites excluding steroid dienone is 10. The predicted molar refractivity (Wildman–Crippen MR) is 239 cm³/mol. The Hall–Kier alpha value is -2.78. The Morgan fingerprint density at radius 2 is 0.763 bits per heavy atom. The van der Waals surface area contributed by atoms with Gasteiger partial charge >= 0.3 is 49.7 Å². The van der Waals surface area contributed by atoms with Gasteiger partial charge < -0.3 is 40.6 Å². The summed E-state index contributed by atoms with van der Waals surface area (Å²) in [5.41, 5.74) is 7.96. The van der Waals surface area contributed by atoms with Crippen LogP contribution in [0, 0.1) is 0 Å². The topological polar surface area (TPSA) is 213 Å². The third-order valence-electron chi connectivity index (χ3n) is 8.29. The molecule has 59 heavy (non-hydrogen) atoms. The van der Waals surface area contributed by atoms with E-state index in [1.54, 1.807) is 0 Å². The van der Waals surface area contributed by atoms with Crippen LogP contribution in [0.15, 0.2) is 69.9 Å². The van der Waals surface area contributed by atoms with Gasteiger partial charge in [0, 0.05) is 47.8 Å². The summed E-state index contributed by atoms with van der Waals surface area (Å²) in [6, 6.07) is -2.07. The van der Waals surface area contributed by atoms with E-state index in [2.05, 4.69) is 102 Å². The molecule has 12 nitrogen and oxygen atoms in total. The summed E-state index contributed by atoms with van der Waals surface area (Å²) in [6.45, 7) is 16.8. The van der Waals surface area contributed by atoms with Crippen molar-refractivity contribution in [3.05, 3.63) is 69.9 Å². The molecule has 0 fully saturated rings. The Labute approximate surface area is 391 Å². The minimum absolute atomic E-state index is 0. The minimum atomic E-state index is -1.33. The molecule has 0 saturated carbocycles. The van der Waals surface area contributed by atoms with Crippen LogP contribution in [0.3, 0.4) is 0 Å². The van der Waals surface area contributed by atoms with Gasteiger partial charge in [0.2, 0.25) is 11.8 Å². The molecule has 0 heterocycles. The summed E-state index contributed by atoms with van der Waals surface area (Å²) in [5, 5.41) is 43.8. The van der Waals surface area contributed by atoms with Gasteiger partial charge in [-0.3, -0.25) is 9.59 Å². The number of carboxylic acids is 4. The molecule has 4 N–H and O–H groups in total. The van der Waals surface area contributed by atoms with Crippen molar-refractivity contribution in [2.45, 2.75) is 145 Å². The van der Waals surface area contributed by atoms with Crippen LogP contribution in [-0.4, -0.2) is 119 Å². The van der Waals surface area contributed by atoms with Crippen molar-refractivity contribution in [3.8, 4) is 0 Å². The third-order valence-corrected chi connectivity index (χ3v) is 10.2. The molecule has 0 aliphatic rings. The van der Waals surface area contributed by atoms with Gasteiger partial charge in [-0.15, -0.1) is 0 Å². The molecule has 0 radical (unpaired) electrons. The van der Waals surface area contributed by atoms with Gasteiger partial charge in [-0.2, -0.15) is 23.5 Å². The molecule has 0 saturated heterocycles. The largest absolute Gasteiger partial charge is 2.00 e. The number of thioether (sulfide) groups is 2. The normalized spacial score (nSPS) is 12.7. The van der Waals surface area contributed by atoms with Gasteiger partial charge in [-0.05, 0) is 120 Å². The number of carboxylic acid groups (broad SMARTS) is 4. The number of carbonyl (C=O) groups excluding carboxylic acids is 4. The standard InChI is InChI=1S/2C22H35NO5S.Ca/c2*1-16(2)7-5-8-17(3)9-6-10-18(4)13-14-29-15-19(22(27)28)23-20(24)11-12-21(25)26;/h2*7,9,13,19H,5-6,8,10-12,14-15H2,1-4H3,(H,23,24)(H,25,26)(H,27,28);/q;;+2/p-2/b2*17-9+,18-13+;/t2*19-;/m00./s1. The Morgan fingerprint density at radius 1 is 0.475 bits per heavy atom. The third kappa shape index (κ3) is 41.7. The van der Waals surface area contributed by atoms with Crippen molar-refractivity contribution < 1.29 is 49.2 Å². The van der Waals surface area contributed by atoms with Crippen LogP contribution in [0.1, 0.15) is 132 Å². The average molecular weight is 889 g/mol. The van der Waals surface area contributed by atoms with Crippen LogP contribution < -0.4 is 20.8 Å². The summed E-state index contributed by atoms with van der Waals surface area (Å²) in [6.07, 6.45) is 20.0. The Morgan fingerprint density at radius 3 is 1.03 bits per heavy atom. The van der Waals surface area contributed by atoms with Crippen LogP contribution in [-0.2, 0) is 28.8 Å². The minimum Gasteiger partial charge on any atom is -0.550 e. The quantitative estimate of drug-likeness (QED) is 0.0366. The van der Waals surface area contributed by atoms with Gasteiger partial charge in [-0.25, -0.2) is 9.59 Å². The second kappa shape index (κ2) is 38.2. The number of rotatable bonds is 30. The first-order valence-electron chi connectivity index (χ1n) is 19.7. The smallest absolute Gasteiger partial charge is 0.550 e. The predicted octanol–water partition coefficient (Wildman–Crippen LogP) is 6.10. The van der Waals surface area contributed by atoms with Gasteiger partial charge in [0.25, 0.3) is 0 Å². The maximum atomic E-state index is 11.6. The molecular formula is C44H68CaN2O10S2. The molecule has 0 aliphatic heterocycles. The van der Waals surface area contributed by atoms with Gasteiger partial charge in [0.05, 0.1) is 0 Å². The second-order valence-corrected chi connectivity index (χ2v) is 16.8. The molecule has 0 aromatic carbocycles. The Kier molecular flexibility index (Phi) is 39.1. The van der Waals surface area contributed by atoms with Crippen molar-refractivity contribution in [2.75, 3.05) is 23.0 Å². The zero-order chi connectivity index (χ0) is 44.5. The van der Waals surface area contributed by atoms with Crippen molar-refractivity contribution in [1.82, 2.24) is 10.6 Å². The number of carbonyl (C=O) groups is 6. The van der Waals surface area contributed by atoms with Crippen LogP contribution in [0.2, 0.25) is 0 Å². The van der Waals surface area contributed by atoms with E-state index in [1.165, 1.54) is 57.0 Å². The first kappa shape index (κ1) is 60.5. The molecule has 2 amide bonds. The monoisotopic (exact) mass is 888 g/mol. The molecule has 0 aromatic heterocycles. The molecule has 0 aliphatic carbocycles.